The quantitative estimate of drug-likeness (QED) is 0.688. The Morgan fingerprint density at radius 3 is 2.30 bits per heavy atom. The summed E-state index contributed by atoms with van der Waals surface area (Å²) in [6.45, 7) is 6.65. The summed E-state index contributed by atoms with van der Waals surface area (Å²) in [5.74, 6) is 1.50. The molecule has 1 fully saturated rings. The van der Waals surface area contributed by atoms with Gasteiger partial charge in [0.15, 0.2) is 17.5 Å². The zero-order valence-electron chi connectivity index (χ0n) is 15.1. The Bertz CT molecular complexity index is 966. The second kappa shape index (κ2) is 7.11. The van der Waals surface area contributed by atoms with Crippen molar-refractivity contribution >= 4 is 23.2 Å². The van der Waals surface area contributed by atoms with Gasteiger partial charge in [-0.15, -0.1) is 0 Å². The van der Waals surface area contributed by atoms with Gasteiger partial charge in [0, 0.05) is 44.1 Å². The maximum atomic E-state index is 14.1. The van der Waals surface area contributed by atoms with Crippen molar-refractivity contribution in [3.05, 3.63) is 53.0 Å². The number of anilines is 2. The van der Waals surface area contributed by atoms with Crippen molar-refractivity contribution in [1.82, 2.24) is 24.7 Å². The predicted octanol–water partition coefficient (Wildman–Crippen LogP) is 2.79. The van der Waals surface area contributed by atoms with E-state index in [0.717, 1.165) is 23.0 Å². The molecule has 9 heteroatoms. The van der Waals surface area contributed by atoms with Crippen molar-refractivity contribution in [2.75, 3.05) is 36.0 Å². The number of halogens is 2. The van der Waals surface area contributed by atoms with Crippen LogP contribution in [0.4, 0.5) is 16.0 Å². The fourth-order valence-corrected chi connectivity index (χ4v) is 3.42. The Kier molecular flexibility index (Phi) is 4.65. The standard InChI is InChI=1S/C18H19ClFN7/c1-12-7-13(2)27(24-12)17-9-16(22-11-23-17)25-3-5-26(6-4-25)18-15(20)8-14(19)10-21-18/h7-11H,3-6H2,1-2H3. The van der Waals surface area contributed by atoms with Crippen LogP contribution in [0.15, 0.2) is 30.7 Å². The molecule has 3 aromatic rings. The van der Waals surface area contributed by atoms with E-state index in [1.165, 1.54) is 12.3 Å². The maximum Gasteiger partial charge on any atom is 0.167 e. The number of hydrogen-bond donors (Lipinski definition) is 0. The van der Waals surface area contributed by atoms with Crippen LogP contribution in [0.2, 0.25) is 5.02 Å². The fourth-order valence-electron chi connectivity index (χ4n) is 3.27. The van der Waals surface area contributed by atoms with E-state index >= 15 is 0 Å². The number of nitrogens with zero attached hydrogens (tertiary/aromatic N) is 7. The average molecular weight is 388 g/mol. The van der Waals surface area contributed by atoms with Gasteiger partial charge in [0.1, 0.15) is 12.1 Å². The number of aromatic nitrogens is 5. The molecule has 0 unspecified atom stereocenters. The number of piperazine rings is 1. The van der Waals surface area contributed by atoms with Crippen LogP contribution in [0, 0.1) is 19.7 Å². The summed E-state index contributed by atoms with van der Waals surface area (Å²) in [6, 6.07) is 5.23. The minimum absolute atomic E-state index is 0.299. The maximum absolute atomic E-state index is 14.1. The number of rotatable bonds is 3. The minimum atomic E-state index is -0.398. The van der Waals surface area contributed by atoms with Crippen LogP contribution in [0.5, 0.6) is 0 Å². The second-order valence-corrected chi connectivity index (χ2v) is 6.94. The Morgan fingerprint density at radius 2 is 1.63 bits per heavy atom. The minimum Gasteiger partial charge on any atom is -0.353 e. The third-order valence-electron chi connectivity index (χ3n) is 4.56. The van der Waals surface area contributed by atoms with Gasteiger partial charge in [-0.05, 0) is 26.0 Å². The molecule has 1 aliphatic rings. The summed E-state index contributed by atoms with van der Waals surface area (Å²) in [5.41, 5.74) is 1.96. The lowest BCUT2D eigenvalue weighted by Crippen LogP contribution is -2.47. The lowest BCUT2D eigenvalue weighted by atomic mass is 10.3. The molecule has 3 aromatic heterocycles. The van der Waals surface area contributed by atoms with Gasteiger partial charge < -0.3 is 9.80 Å². The van der Waals surface area contributed by atoms with Crippen LogP contribution in [-0.4, -0.2) is 50.9 Å². The van der Waals surface area contributed by atoms with Gasteiger partial charge in [-0.3, -0.25) is 0 Å². The van der Waals surface area contributed by atoms with Crippen LogP contribution in [-0.2, 0) is 0 Å². The fraction of sp³-hybridized carbons (Fsp3) is 0.333. The third kappa shape index (κ3) is 3.57. The Morgan fingerprint density at radius 1 is 0.926 bits per heavy atom. The van der Waals surface area contributed by atoms with Crippen molar-refractivity contribution in [2.24, 2.45) is 0 Å². The third-order valence-corrected chi connectivity index (χ3v) is 4.76. The molecule has 27 heavy (non-hydrogen) atoms. The summed E-state index contributed by atoms with van der Waals surface area (Å²) in [5, 5.41) is 4.77. The van der Waals surface area contributed by atoms with Crippen LogP contribution >= 0.6 is 11.6 Å². The highest BCUT2D eigenvalue weighted by Crippen LogP contribution is 2.23. The molecule has 0 radical (unpaired) electrons. The van der Waals surface area contributed by atoms with E-state index in [4.69, 9.17) is 11.6 Å². The van der Waals surface area contributed by atoms with E-state index in [1.807, 2.05) is 35.6 Å². The highest BCUT2D eigenvalue weighted by molar-refractivity contribution is 6.30. The van der Waals surface area contributed by atoms with E-state index < -0.39 is 5.82 Å². The number of aryl methyl sites for hydroxylation is 2. The molecule has 0 amide bonds. The topological polar surface area (TPSA) is 63.0 Å². The average Bonchev–Trinajstić information content (AvgIpc) is 3.00. The lowest BCUT2D eigenvalue weighted by Gasteiger charge is -2.36. The first kappa shape index (κ1) is 17.7. The van der Waals surface area contributed by atoms with Crippen molar-refractivity contribution in [1.29, 1.82) is 0 Å². The van der Waals surface area contributed by atoms with Gasteiger partial charge >= 0.3 is 0 Å². The highest BCUT2D eigenvalue weighted by Gasteiger charge is 2.22. The molecule has 0 aromatic carbocycles. The smallest absolute Gasteiger partial charge is 0.167 e. The molecule has 4 rings (SSSR count). The largest absolute Gasteiger partial charge is 0.353 e. The number of pyridine rings is 1. The summed E-state index contributed by atoms with van der Waals surface area (Å²) in [7, 11) is 0. The van der Waals surface area contributed by atoms with E-state index in [9.17, 15) is 4.39 Å². The summed E-state index contributed by atoms with van der Waals surface area (Å²) >= 11 is 5.79. The highest BCUT2D eigenvalue weighted by atomic mass is 35.5. The zero-order valence-corrected chi connectivity index (χ0v) is 15.9. The SMILES string of the molecule is Cc1cc(C)n(-c2cc(N3CCN(c4ncc(Cl)cc4F)CC3)ncn2)n1. The molecular weight excluding hydrogens is 369 g/mol. The molecule has 1 aliphatic heterocycles. The molecule has 0 saturated carbocycles. The normalized spacial score (nSPS) is 14.7. The first-order valence-corrected chi connectivity index (χ1v) is 9.06. The predicted molar refractivity (Wildman–Crippen MR) is 102 cm³/mol. The van der Waals surface area contributed by atoms with Crippen LogP contribution in [0.25, 0.3) is 5.82 Å². The van der Waals surface area contributed by atoms with Gasteiger partial charge in [0.2, 0.25) is 0 Å². The molecule has 1 saturated heterocycles. The molecular formula is C18H19ClFN7. The molecule has 0 spiro atoms. The van der Waals surface area contributed by atoms with Crippen LogP contribution in [0.1, 0.15) is 11.4 Å². The Balaban J connectivity index is 1.50. The molecule has 0 aliphatic carbocycles. The van der Waals surface area contributed by atoms with Crippen LogP contribution < -0.4 is 9.80 Å². The second-order valence-electron chi connectivity index (χ2n) is 6.51. The monoisotopic (exact) mass is 387 g/mol. The molecule has 0 atom stereocenters. The molecule has 140 valence electrons. The first-order valence-electron chi connectivity index (χ1n) is 8.68. The molecule has 0 bridgehead atoms. The van der Waals surface area contributed by atoms with Crippen molar-refractivity contribution in [3.63, 3.8) is 0 Å². The summed E-state index contributed by atoms with van der Waals surface area (Å²) in [6.07, 6.45) is 3.02. The van der Waals surface area contributed by atoms with Gasteiger partial charge in [0.05, 0.1) is 10.7 Å². The van der Waals surface area contributed by atoms with E-state index in [1.54, 1.807) is 6.33 Å². The first-order chi connectivity index (χ1) is 13.0. The van der Waals surface area contributed by atoms with Crippen molar-refractivity contribution in [3.8, 4) is 5.82 Å². The summed E-state index contributed by atoms with van der Waals surface area (Å²) < 4.78 is 15.9. The van der Waals surface area contributed by atoms with E-state index in [-0.39, 0.29) is 0 Å². The van der Waals surface area contributed by atoms with E-state index in [0.29, 0.717) is 37.0 Å². The molecule has 4 heterocycles. The van der Waals surface area contributed by atoms with Crippen molar-refractivity contribution in [2.45, 2.75) is 13.8 Å². The zero-order chi connectivity index (χ0) is 19.0. The summed E-state index contributed by atoms with van der Waals surface area (Å²) in [4.78, 5) is 16.9. The Labute approximate surface area is 161 Å². The van der Waals surface area contributed by atoms with E-state index in [2.05, 4.69) is 25.0 Å². The van der Waals surface area contributed by atoms with Crippen LogP contribution in [0.3, 0.4) is 0 Å². The van der Waals surface area contributed by atoms with Gasteiger partial charge in [0.25, 0.3) is 0 Å². The van der Waals surface area contributed by atoms with Gasteiger partial charge in [-0.2, -0.15) is 5.10 Å². The molecule has 7 nitrogen and oxygen atoms in total. The number of hydrogen-bond acceptors (Lipinski definition) is 6. The Hall–Kier alpha value is -2.74. The lowest BCUT2D eigenvalue weighted by molar-refractivity contribution is 0.586. The van der Waals surface area contributed by atoms with Gasteiger partial charge in [-0.1, -0.05) is 11.6 Å². The van der Waals surface area contributed by atoms with Crippen molar-refractivity contribution < 1.29 is 4.39 Å². The van der Waals surface area contributed by atoms with Gasteiger partial charge in [-0.25, -0.2) is 24.0 Å². The molecule has 0 N–H and O–H groups in total.